The summed E-state index contributed by atoms with van der Waals surface area (Å²) in [4.78, 5) is 12.5. The number of hydrogen-bond acceptors (Lipinski definition) is 7. The van der Waals surface area contributed by atoms with Gasteiger partial charge in [-0.2, -0.15) is 0 Å². The number of aromatic nitrogens is 4. The molecule has 0 aliphatic rings. The van der Waals surface area contributed by atoms with Crippen molar-refractivity contribution >= 4 is 23.0 Å². The number of nitrogens with two attached hydrogens (primary N) is 1. The smallest absolute Gasteiger partial charge is 0.159 e. The van der Waals surface area contributed by atoms with Crippen LogP contribution in [0.3, 0.4) is 0 Å². The first kappa shape index (κ1) is 16.6. The number of ether oxygens (including phenoxy) is 1. The summed E-state index contributed by atoms with van der Waals surface area (Å²) in [5.41, 5.74) is 7.46. The molecule has 0 saturated heterocycles. The Morgan fingerprint density at radius 3 is 2.84 bits per heavy atom. The van der Waals surface area contributed by atoms with Crippen LogP contribution in [0.5, 0.6) is 5.75 Å². The van der Waals surface area contributed by atoms with Crippen molar-refractivity contribution in [3.63, 3.8) is 0 Å². The second-order valence-electron chi connectivity index (χ2n) is 5.39. The van der Waals surface area contributed by atoms with Gasteiger partial charge in [-0.15, -0.1) is 0 Å². The van der Waals surface area contributed by atoms with Crippen LogP contribution in [-0.4, -0.2) is 33.2 Å². The van der Waals surface area contributed by atoms with Gasteiger partial charge in [0.05, 0.1) is 19.1 Å². The van der Waals surface area contributed by atoms with Crippen molar-refractivity contribution in [1.29, 1.82) is 0 Å². The standard InChI is InChI=1S/C17H21N7O/c1-25-14-6-3-2-5-13(14)23-17-15(18)16(21-11-22-17)20-7-4-9-24-10-8-19-12-24/h2-3,5-6,8,10-12H,4,7,9,18H2,1H3,(H2,20,21,22,23). The monoisotopic (exact) mass is 339 g/mol. The van der Waals surface area contributed by atoms with Gasteiger partial charge >= 0.3 is 0 Å². The Morgan fingerprint density at radius 1 is 1.20 bits per heavy atom. The number of hydrogen-bond donors (Lipinski definition) is 3. The summed E-state index contributed by atoms with van der Waals surface area (Å²) in [5.74, 6) is 1.87. The highest BCUT2D eigenvalue weighted by Gasteiger charge is 2.10. The highest BCUT2D eigenvalue weighted by Crippen LogP contribution is 2.30. The van der Waals surface area contributed by atoms with E-state index in [-0.39, 0.29) is 0 Å². The second kappa shape index (κ2) is 8.00. The van der Waals surface area contributed by atoms with E-state index in [1.807, 2.05) is 35.0 Å². The maximum absolute atomic E-state index is 6.19. The van der Waals surface area contributed by atoms with Crippen molar-refractivity contribution < 1.29 is 4.74 Å². The van der Waals surface area contributed by atoms with Gasteiger partial charge in [-0.1, -0.05) is 12.1 Å². The lowest BCUT2D eigenvalue weighted by molar-refractivity contribution is 0.417. The van der Waals surface area contributed by atoms with Crippen molar-refractivity contribution in [1.82, 2.24) is 19.5 Å². The molecule has 130 valence electrons. The molecule has 3 rings (SSSR count). The Morgan fingerprint density at radius 2 is 2.04 bits per heavy atom. The van der Waals surface area contributed by atoms with Crippen LogP contribution in [-0.2, 0) is 6.54 Å². The lowest BCUT2D eigenvalue weighted by Crippen LogP contribution is -2.11. The summed E-state index contributed by atoms with van der Waals surface area (Å²) in [6, 6.07) is 7.59. The average molecular weight is 339 g/mol. The average Bonchev–Trinajstić information content (AvgIpc) is 3.15. The SMILES string of the molecule is COc1ccccc1Nc1ncnc(NCCCn2ccnc2)c1N. The van der Waals surface area contributed by atoms with E-state index in [2.05, 4.69) is 25.6 Å². The maximum Gasteiger partial charge on any atom is 0.159 e. The number of aryl methyl sites for hydroxylation is 1. The largest absolute Gasteiger partial charge is 0.495 e. The molecule has 8 heteroatoms. The summed E-state index contributed by atoms with van der Waals surface area (Å²) in [7, 11) is 1.62. The second-order valence-corrected chi connectivity index (χ2v) is 5.39. The summed E-state index contributed by atoms with van der Waals surface area (Å²) in [6.45, 7) is 1.62. The number of nitrogens with one attached hydrogen (secondary N) is 2. The number of benzene rings is 1. The number of anilines is 4. The van der Waals surface area contributed by atoms with Gasteiger partial charge in [0.1, 0.15) is 17.8 Å². The van der Waals surface area contributed by atoms with Crippen molar-refractivity contribution in [2.24, 2.45) is 0 Å². The molecule has 0 aliphatic heterocycles. The van der Waals surface area contributed by atoms with Gasteiger partial charge in [0, 0.05) is 25.5 Å². The third kappa shape index (κ3) is 4.17. The Kier molecular flexibility index (Phi) is 5.30. The molecule has 0 fully saturated rings. The molecule has 0 bridgehead atoms. The van der Waals surface area contributed by atoms with E-state index in [0.29, 0.717) is 17.3 Å². The fraction of sp³-hybridized carbons (Fsp3) is 0.235. The molecular formula is C17H21N7O. The first-order valence-electron chi connectivity index (χ1n) is 7.98. The van der Waals surface area contributed by atoms with E-state index in [4.69, 9.17) is 10.5 Å². The molecule has 3 aromatic rings. The highest BCUT2D eigenvalue weighted by molar-refractivity contribution is 5.79. The minimum Gasteiger partial charge on any atom is -0.495 e. The van der Waals surface area contributed by atoms with Crippen molar-refractivity contribution in [2.75, 3.05) is 30.0 Å². The molecule has 4 N–H and O–H groups in total. The zero-order valence-corrected chi connectivity index (χ0v) is 14.0. The molecule has 0 aliphatic carbocycles. The molecule has 0 atom stereocenters. The van der Waals surface area contributed by atoms with E-state index in [9.17, 15) is 0 Å². The summed E-state index contributed by atoms with van der Waals surface area (Å²) < 4.78 is 7.36. The highest BCUT2D eigenvalue weighted by atomic mass is 16.5. The molecule has 0 saturated carbocycles. The quantitative estimate of drug-likeness (QED) is 0.542. The molecule has 25 heavy (non-hydrogen) atoms. The van der Waals surface area contributed by atoms with Crippen LogP contribution < -0.4 is 21.1 Å². The van der Waals surface area contributed by atoms with Crippen LogP contribution in [0.4, 0.5) is 23.0 Å². The lowest BCUT2D eigenvalue weighted by atomic mass is 10.3. The predicted octanol–water partition coefficient (Wildman–Crippen LogP) is 2.51. The molecule has 8 nitrogen and oxygen atoms in total. The topological polar surface area (TPSA) is 103 Å². The van der Waals surface area contributed by atoms with Gasteiger partial charge in [0.15, 0.2) is 11.6 Å². The maximum atomic E-state index is 6.19. The number of imidazole rings is 1. The van der Waals surface area contributed by atoms with E-state index < -0.39 is 0 Å². The number of para-hydroxylation sites is 2. The minimum absolute atomic E-state index is 0.469. The van der Waals surface area contributed by atoms with Gasteiger partial charge in [0.2, 0.25) is 0 Å². The molecule has 0 spiro atoms. The van der Waals surface area contributed by atoms with Crippen LogP contribution >= 0.6 is 0 Å². The van der Waals surface area contributed by atoms with Crippen molar-refractivity contribution in [3.8, 4) is 5.75 Å². The summed E-state index contributed by atoms with van der Waals surface area (Å²) in [5, 5.41) is 6.44. The van der Waals surface area contributed by atoms with Crippen LogP contribution in [0, 0.1) is 0 Å². The Hall–Kier alpha value is -3.29. The molecule has 2 aromatic heterocycles. The van der Waals surface area contributed by atoms with Crippen molar-refractivity contribution in [3.05, 3.63) is 49.3 Å². The zero-order valence-electron chi connectivity index (χ0n) is 14.0. The molecule has 0 amide bonds. The Bertz CT molecular complexity index is 805. The van der Waals surface area contributed by atoms with Crippen LogP contribution in [0.25, 0.3) is 0 Å². The number of methoxy groups -OCH3 is 1. The van der Waals surface area contributed by atoms with Gasteiger partial charge in [-0.3, -0.25) is 0 Å². The third-order valence-corrected chi connectivity index (χ3v) is 3.69. The molecular weight excluding hydrogens is 318 g/mol. The van der Waals surface area contributed by atoms with Crippen LogP contribution in [0.1, 0.15) is 6.42 Å². The first-order chi connectivity index (χ1) is 12.3. The fourth-order valence-electron chi connectivity index (χ4n) is 2.40. The van der Waals surface area contributed by atoms with Gasteiger partial charge < -0.3 is 25.7 Å². The minimum atomic E-state index is 0.469. The normalized spacial score (nSPS) is 10.4. The third-order valence-electron chi connectivity index (χ3n) is 3.69. The van der Waals surface area contributed by atoms with E-state index in [1.165, 1.54) is 6.33 Å². The molecule has 0 radical (unpaired) electrons. The Balaban J connectivity index is 1.63. The molecule has 2 heterocycles. The molecule has 1 aromatic carbocycles. The fourth-order valence-corrected chi connectivity index (χ4v) is 2.40. The van der Waals surface area contributed by atoms with E-state index in [0.717, 1.165) is 30.9 Å². The zero-order chi connectivity index (χ0) is 17.5. The first-order valence-corrected chi connectivity index (χ1v) is 7.98. The van der Waals surface area contributed by atoms with Crippen LogP contribution in [0.2, 0.25) is 0 Å². The van der Waals surface area contributed by atoms with E-state index >= 15 is 0 Å². The Labute approximate surface area is 146 Å². The number of rotatable bonds is 8. The molecule has 0 unspecified atom stereocenters. The van der Waals surface area contributed by atoms with Gasteiger partial charge in [0.25, 0.3) is 0 Å². The predicted molar refractivity (Wildman–Crippen MR) is 98.1 cm³/mol. The van der Waals surface area contributed by atoms with Gasteiger partial charge in [-0.25, -0.2) is 15.0 Å². The lowest BCUT2D eigenvalue weighted by Gasteiger charge is -2.14. The van der Waals surface area contributed by atoms with Gasteiger partial charge in [-0.05, 0) is 18.6 Å². The van der Waals surface area contributed by atoms with E-state index in [1.54, 1.807) is 19.6 Å². The number of nitrogens with zero attached hydrogens (tertiary/aromatic N) is 4. The number of nitrogen functional groups attached to an aromatic ring is 1. The van der Waals surface area contributed by atoms with Crippen LogP contribution in [0.15, 0.2) is 49.3 Å². The van der Waals surface area contributed by atoms with Crippen molar-refractivity contribution in [2.45, 2.75) is 13.0 Å². The summed E-state index contributed by atoms with van der Waals surface area (Å²) >= 11 is 0. The summed E-state index contributed by atoms with van der Waals surface area (Å²) in [6.07, 6.45) is 7.91.